The summed E-state index contributed by atoms with van der Waals surface area (Å²) in [5.41, 5.74) is 0.182. The van der Waals surface area contributed by atoms with Crippen molar-refractivity contribution >= 4 is 11.6 Å². The number of carbonyl (C=O) groups excluding carboxylic acids is 1. The first-order valence-electron chi connectivity index (χ1n) is 6.72. The van der Waals surface area contributed by atoms with Crippen molar-refractivity contribution in [3.8, 4) is 0 Å². The largest absolute Gasteiger partial charge is 0.396 e. The molecule has 7 heteroatoms. The van der Waals surface area contributed by atoms with Crippen LogP contribution >= 0.6 is 0 Å². The van der Waals surface area contributed by atoms with Crippen molar-refractivity contribution in [2.24, 2.45) is 18.9 Å². The Morgan fingerprint density at radius 2 is 2.25 bits per heavy atom. The van der Waals surface area contributed by atoms with E-state index in [1.165, 1.54) is 16.8 Å². The predicted octanol–water partition coefficient (Wildman–Crippen LogP) is 1.07. The minimum atomic E-state index is -0.518. The van der Waals surface area contributed by atoms with E-state index in [0.717, 1.165) is 19.3 Å². The van der Waals surface area contributed by atoms with Crippen LogP contribution in [0.1, 0.15) is 29.8 Å². The highest BCUT2D eigenvalue weighted by Crippen LogP contribution is 2.30. The molecule has 2 unspecified atom stereocenters. The van der Waals surface area contributed by atoms with Crippen LogP contribution < -0.4 is 5.32 Å². The maximum Gasteiger partial charge on any atom is 0.287 e. The van der Waals surface area contributed by atoms with Crippen molar-refractivity contribution in [3.05, 3.63) is 28.1 Å². The highest BCUT2D eigenvalue weighted by Gasteiger charge is 2.27. The number of carbonyl (C=O) groups is 1. The van der Waals surface area contributed by atoms with Gasteiger partial charge in [-0.2, -0.15) is 0 Å². The summed E-state index contributed by atoms with van der Waals surface area (Å²) in [4.78, 5) is 22.2. The van der Waals surface area contributed by atoms with E-state index in [9.17, 15) is 20.0 Å². The van der Waals surface area contributed by atoms with Gasteiger partial charge in [0.2, 0.25) is 0 Å². The lowest BCUT2D eigenvalue weighted by Gasteiger charge is -2.17. The van der Waals surface area contributed by atoms with Gasteiger partial charge in [0.15, 0.2) is 0 Å². The number of nitro groups is 1. The monoisotopic (exact) mass is 281 g/mol. The van der Waals surface area contributed by atoms with E-state index in [0.29, 0.717) is 12.5 Å². The number of aliphatic hydroxyl groups excluding tert-OH is 1. The summed E-state index contributed by atoms with van der Waals surface area (Å²) in [6.45, 7) is 0.652. The molecular formula is C13H19N3O4. The number of nitrogens with one attached hydrogen (secondary N) is 1. The maximum atomic E-state index is 12.0. The maximum absolute atomic E-state index is 12.0. The number of nitrogens with zero attached hydrogens (tertiary/aromatic N) is 2. The second kappa shape index (κ2) is 6.04. The summed E-state index contributed by atoms with van der Waals surface area (Å²) < 4.78 is 1.45. The van der Waals surface area contributed by atoms with E-state index in [2.05, 4.69) is 5.32 Å². The first-order valence-corrected chi connectivity index (χ1v) is 6.72. The molecule has 2 atom stereocenters. The van der Waals surface area contributed by atoms with Crippen LogP contribution in [0.15, 0.2) is 12.3 Å². The van der Waals surface area contributed by atoms with Gasteiger partial charge in [0.25, 0.3) is 11.6 Å². The molecule has 2 rings (SSSR count). The summed E-state index contributed by atoms with van der Waals surface area (Å²) in [5.74, 6) is 0.224. The molecule has 110 valence electrons. The van der Waals surface area contributed by atoms with Crippen molar-refractivity contribution in [2.45, 2.75) is 19.3 Å². The lowest BCUT2D eigenvalue weighted by Crippen LogP contribution is -2.32. The lowest BCUT2D eigenvalue weighted by atomic mass is 9.97. The lowest BCUT2D eigenvalue weighted by molar-refractivity contribution is -0.384. The highest BCUT2D eigenvalue weighted by molar-refractivity contribution is 5.93. The molecule has 20 heavy (non-hydrogen) atoms. The quantitative estimate of drug-likeness (QED) is 0.623. The molecule has 0 bridgehead atoms. The Bertz CT molecular complexity index is 512. The predicted molar refractivity (Wildman–Crippen MR) is 72.3 cm³/mol. The molecule has 0 aromatic carbocycles. The molecule has 0 radical (unpaired) electrons. The molecule has 1 aromatic rings. The number of aryl methyl sites for hydroxylation is 1. The fourth-order valence-electron chi connectivity index (χ4n) is 2.81. The molecule has 1 aliphatic rings. The normalized spacial score (nSPS) is 21.9. The standard InChI is InChI=1S/C13H19N3O4/c1-15-7-11(16(19)20)5-12(15)13(18)14-6-9-3-2-4-10(9)8-17/h5,7,9-10,17H,2-4,6,8H2,1H3,(H,14,18). The van der Waals surface area contributed by atoms with Crippen molar-refractivity contribution in [3.63, 3.8) is 0 Å². The van der Waals surface area contributed by atoms with Gasteiger partial charge >= 0.3 is 0 Å². The van der Waals surface area contributed by atoms with Gasteiger partial charge in [-0.15, -0.1) is 0 Å². The molecule has 0 aliphatic heterocycles. The van der Waals surface area contributed by atoms with Gasteiger partial charge < -0.3 is 15.0 Å². The number of rotatable bonds is 5. The third-order valence-corrected chi connectivity index (χ3v) is 4.01. The number of aliphatic hydroxyl groups is 1. The third kappa shape index (κ3) is 2.98. The van der Waals surface area contributed by atoms with Crippen LogP contribution in [0.2, 0.25) is 0 Å². The molecule has 0 saturated heterocycles. The number of aromatic nitrogens is 1. The van der Waals surface area contributed by atoms with Gasteiger partial charge in [0, 0.05) is 26.3 Å². The number of hydrogen-bond donors (Lipinski definition) is 2. The Hall–Kier alpha value is -1.89. The van der Waals surface area contributed by atoms with Gasteiger partial charge in [0.1, 0.15) is 5.69 Å². The minimum absolute atomic E-state index is 0.0910. The first-order chi connectivity index (χ1) is 9.52. The Kier molecular flexibility index (Phi) is 4.39. The topological polar surface area (TPSA) is 97.4 Å². The zero-order valence-electron chi connectivity index (χ0n) is 11.4. The molecule has 1 aliphatic carbocycles. The van der Waals surface area contributed by atoms with Crippen molar-refractivity contribution in [1.29, 1.82) is 0 Å². The van der Waals surface area contributed by atoms with E-state index in [1.807, 2.05) is 0 Å². The van der Waals surface area contributed by atoms with E-state index < -0.39 is 4.92 Å². The van der Waals surface area contributed by atoms with Crippen LogP contribution in [-0.4, -0.2) is 33.7 Å². The van der Waals surface area contributed by atoms with Crippen LogP contribution in [0.3, 0.4) is 0 Å². The zero-order valence-corrected chi connectivity index (χ0v) is 11.4. The minimum Gasteiger partial charge on any atom is -0.396 e. The van der Waals surface area contributed by atoms with Gasteiger partial charge in [-0.1, -0.05) is 6.42 Å². The van der Waals surface area contributed by atoms with Crippen LogP contribution in [0, 0.1) is 22.0 Å². The molecule has 2 N–H and O–H groups in total. The van der Waals surface area contributed by atoms with Crippen molar-refractivity contribution in [2.75, 3.05) is 13.2 Å². The van der Waals surface area contributed by atoms with Crippen LogP contribution in [0.4, 0.5) is 5.69 Å². The van der Waals surface area contributed by atoms with Gasteiger partial charge in [-0.3, -0.25) is 14.9 Å². The highest BCUT2D eigenvalue weighted by atomic mass is 16.6. The molecule has 1 aromatic heterocycles. The second-order valence-electron chi connectivity index (χ2n) is 5.30. The van der Waals surface area contributed by atoms with E-state index in [4.69, 9.17) is 0 Å². The number of hydrogen-bond acceptors (Lipinski definition) is 4. The molecule has 1 fully saturated rings. The molecule has 7 nitrogen and oxygen atoms in total. The summed E-state index contributed by atoms with van der Waals surface area (Å²) in [5, 5.41) is 22.7. The summed E-state index contributed by atoms with van der Waals surface area (Å²) in [6.07, 6.45) is 4.38. The van der Waals surface area contributed by atoms with Gasteiger partial charge in [-0.25, -0.2) is 0 Å². The van der Waals surface area contributed by atoms with E-state index >= 15 is 0 Å². The van der Waals surface area contributed by atoms with Gasteiger partial charge in [-0.05, 0) is 24.7 Å². The third-order valence-electron chi connectivity index (χ3n) is 4.01. The summed E-state index contributed by atoms with van der Waals surface area (Å²) in [7, 11) is 1.61. The van der Waals surface area contributed by atoms with Gasteiger partial charge in [0.05, 0.1) is 11.1 Å². The summed E-state index contributed by atoms with van der Waals surface area (Å²) >= 11 is 0. The Morgan fingerprint density at radius 1 is 1.55 bits per heavy atom. The smallest absolute Gasteiger partial charge is 0.287 e. The average Bonchev–Trinajstić information content (AvgIpc) is 3.01. The second-order valence-corrected chi connectivity index (χ2v) is 5.30. The van der Waals surface area contributed by atoms with E-state index in [-0.39, 0.29) is 29.8 Å². The van der Waals surface area contributed by atoms with Crippen LogP contribution in [-0.2, 0) is 7.05 Å². The fraction of sp³-hybridized carbons (Fsp3) is 0.615. The van der Waals surface area contributed by atoms with Crippen molar-refractivity contribution in [1.82, 2.24) is 9.88 Å². The SMILES string of the molecule is Cn1cc([N+](=O)[O-])cc1C(=O)NCC1CCCC1CO. The molecule has 0 spiro atoms. The fourth-order valence-corrected chi connectivity index (χ4v) is 2.81. The first kappa shape index (κ1) is 14.5. The zero-order chi connectivity index (χ0) is 14.7. The molecule has 1 heterocycles. The van der Waals surface area contributed by atoms with Crippen molar-refractivity contribution < 1.29 is 14.8 Å². The average molecular weight is 281 g/mol. The Morgan fingerprint density at radius 3 is 2.85 bits per heavy atom. The molecular weight excluding hydrogens is 262 g/mol. The summed E-state index contributed by atoms with van der Waals surface area (Å²) in [6, 6.07) is 1.27. The Labute approximate surface area is 116 Å². The molecule has 1 amide bonds. The van der Waals surface area contributed by atoms with E-state index in [1.54, 1.807) is 7.05 Å². The molecule has 1 saturated carbocycles. The van der Waals surface area contributed by atoms with Crippen LogP contribution in [0.5, 0.6) is 0 Å². The number of amides is 1. The Balaban J connectivity index is 1.96. The van der Waals surface area contributed by atoms with Crippen LogP contribution in [0.25, 0.3) is 0 Å².